The summed E-state index contributed by atoms with van der Waals surface area (Å²) < 4.78 is 26.1. The van der Waals surface area contributed by atoms with Gasteiger partial charge in [-0.1, -0.05) is 46.9 Å². The lowest BCUT2D eigenvalue weighted by atomic mass is 10.1. The Morgan fingerprint density at radius 2 is 1.56 bits per heavy atom. The normalized spacial score (nSPS) is 12.7. The first-order valence-corrected chi connectivity index (χ1v) is 13.4. The van der Waals surface area contributed by atoms with E-state index in [1.54, 1.807) is 31.2 Å². The number of sulfonamides is 1. The highest BCUT2D eigenvalue weighted by Gasteiger charge is 2.32. The van der Waals surface area contributed by atoms with Gasteiger partial charge in [-0.15, -0.1) is 0 Å². The number of nitrogens with zero attached hydrogens (tertiary/aromatic N) is 2. The second-order valence-electron chi connectivity index (χ2n) is 8.93. The van der Waals surface area contributed by atoms with E-state index in [9.17, 15) is 18.0 Å². The van der Waals surface area contributed by atoms with Crippen LogP contribution in [0.1, 0.15) is 33.3 Å². The molecule has 0 aromatic heterocycles. The Morgan fingerprint density at radius 1 is 1.00 bits per heavy atom. The number of nitrogens with one attached hydrogen (secondary N) is 1. The summed E-state index contributed by atoms with van der Waals surface area (Å²) in [6, 6.07) is 10.2. The zero-order chi connectivity index (χ0) is 25.8. The van der Waals surface area contributed by atoms with Crippen LogP contribution in [-0.2, 0) is 26.2 Å². The Balaban J connectivity index is 2.43. The summed E-state index contributed by atoms with van der Waals surface area (Å²) in [5.41, 5.74) is 0.319. The highest BCUT2D eigenvalue weighted by molar-refractivity contribution is 7.92. The van der Waals surface area contributed by atoms with E-state index >= 15 is 0 Å². The minimum absolute atomic E-state index is 0.0701. The molecule has 0 saturated carbocycles. The van der Waals surface area contributed by atoms with Gasteiger partial charge in [0, 0.05) is 22.1 Å². The Labute approximate surface area is 216 Å². The van der Waals surface area contributed by atoms with Crippen LogP contribution in [0.15, 0.2) is 42.5 Å². The van der Waals surface area contributed by atoms with Gasteiger partial charge in [-0.2, -0.15) is 0 Å². The fraction of sp³-hybridized carbons (Fsp3) is 0.391. The van der Waals surface area contributed by atoms with E-state index in [0.29, 0.717) is 10.0 Å². The molecule has 0 unspecified atom stereocenters. The van der Waals surface area contributed by atoms with Gasteiger partial charge >= 0.3 is 0 Å². The van der Waals surface area contributed by atoms with Crippen molar-refractivity contribution in [2.24, 2.45) is 0 Å². The zero-order valence-corrected chi connectivity index (χ0v) is 22.7. The maximum Gasteiger partial charge on any atom is 0.244 e. The molecule has 2 rings (SSSR count). The first-order chi connectivity index (χ1) is 15.6. The van der Waals surface area contributed by atoms with Crippen molar-refractivity contribution < 1.29 is 18.0 Å². The van der Waals surface area contributed by atoms with Crippen LogP contribution < -0.4 is 9.62 Å². The number of carbonyl (C=O) groups excluding carboxylic acids is 2. The molecule has 1 N–H and O–H groups in total. The molecule has 0 aliphatic carbocycles. The van der Waals surface area contributed by atoms with Gasteiger partial charge in [0.25, 0.3) is 0 Å². The minimum atomic E-state index is -3.89. The molecule has 0 fully saturated rings. The molecule has 0 saturated heterocycles. The van der Waals surface area contributed by atoms with E-state index in [0.717, 1.165) is 16.1 Å². The van der Waals surface area contributed by atoms with Crippen molar-refractivity contribution in [2.75, 3.05) is 17.1 Å². The average molecular weight is 549 g/mol. The highest BCUT2D eigenvalue weighted by Crippen LogP contribution is 2.30. The van der Waals surface area contributed by atoms with E-state index in [-0.39, 0.29) is 23.2 Å². The third-order valence-electron chi connectivity index (χ3n) is 4.79. The highest BCUT2D eigenvalue weighted by atomic mass is 35.5. The van der Waals surface area contributed by atoms with E-state index in [1.165, 1.54) is 23.1 Å². The number of amides is 2. The second kappa shape index (κ2) is 11.2. The van der Waals surface area contributed by atoms with Gasteiger partial charge in [0.05, 0.1) is 17.0 Å². The predicted octanol–water partition coefficient (Wildman–Crippen LogP) is 4.74. The van der Waals surface area contributed by atoms with Crippen molar-refractivity contribution in [2.45, 2.75) is 45.8 Å². The van der Waals surface area contributed by atoms with Gasteiger partial charge in [-0.3, -0.25) is 13.9 Å². The fourth-order valence-corrected chi connectivity index (χ4v) is 4.67. The lowest BCUT2D eigenvalue weighted by Crippen LogP contribution is -2.54. The van der Waals surface area contributed by atoms with Gasteiger partial charge in [-0.05, 0) is 63.6 Å². The smallest absolute Gasteiger partial charge is 0.244 e. The Kier molecular flexibility index (Phi) is 9.27. The molecule has 0 radical (unpaired) electrons. The van der Waals surface area contributed by atoms with Crippen molar-refractivity contribution in [1.82, 2.24) is 10.2 Å². The molecule has 2 amide bonds. The lowest BCUT2D eigenvalue weighted by Gasteiger charge is -2.33. The van der Waals surface area contributed by atoms with E-state index in [4.69, 9.17) is 34.8 Å². The van der Waals surface area contributed by atoms with Crippen LogP contribution >= 0.6 is 34.8 Å². The molecule has 186 valence electrons. The van der Waals surface area contributed by atoms with Crippen LogP contribution in [0.4, 0.5) is 5.69 Å². The summed E-state index contributed by atoms with van der Waals surface area (Å²) in [5, 5.41) is 3.79. The standard InChI is InChI=1S/C23H28Cl3N3O4S/c1-15(22(31)27-23(2,3)4)28(13-16-6-8-17(24)9-7-16)21(30)14-29(34(5,32)33)20-11-10-18(25)12-19(20)26/h6-12,15H,13-14H2,1-5H3,(H,27,31)/t15-/m1/s1. The molecule has 0 aliphatic heterocycles. The molecular formula is C23H28Cl3N3O4S. The summed E-state index contributed by atoms with van der Waals surface area (Å²) in [5.74, 6) is -0.951. The van der Waals surface area contributed by atoms with Crippen molar-refractivity contribution in [3.8, 4) is 0 Å². The molecule has 7 nitrogen and oxygen atoms in total. The van der Waals surface area contributed by atoms with Crippen LogP contribution in [0.5, 0.6) is 0 Å². The monoisotopic (exact) mass is 547 g/mol. The number of carbonyl (C=O) groups is 2. The summed E-state index contributed by atoms with van der Waals surface area (Å²) in [4.78, 5) is 27.7. The third-order valence-corrected chi connectivity index (χ3v) is 6.71. The van der Waals surface area contributed by atoms with Gasteiger partial charge in [0.2, 0.25) is 21.8 Å². The average Bonchev–Trinajstić information content (AvgIpc) is 2.69. The number of benzene rings is 2. The molecule has 0 aliphatic rings. The van der Waals surface area contributed by atoms with Gasteiger partial charge in [0.1, 0.15) is 12.6 Å². The quantitative estimate of drug-likeness (QED) is 0.516. The van der Waals surface area contributed by atoms with E-state index < -0.39 is 34.1 Å². The number of rotatable bonds is 8. The first-order valence-electron chi connectivity index (χ1n) is 10.4. The fourth-order valence-electron chi connectivity index (χ4n) is 3.12. The Hall–Kier alpha value is -2.00. The van der Waals surface area contributed by atoms with Gasteiger partial charge < -0.3 is 10.2 Å². The van der Waals surface area contributed by atoms with E-state index in [1.807, 2.05) is 20.8 Å². The van der Waals surface area contributed by atoms with Crippen LogP contribution in [0.2, 0.25) is 15.1 Å². The number of halogens is 3. The summed E-state index contributed by atoms with van der Waals surface area (Å²) in [7, 11) is -3.89. The molecule has 0 bridgehead atoms. The number of hydrogen-bond acceptors (Lipinski definition) is 4. The molecule has 2 aromatic rings. The lowest BCUT2D eigenvalue weighted by molar-refractivity contribution is -0.140. The molecule has 1 atom stereocenters. The van der Waals surface area contributed by atoms with Gasteiger partial charge in [-0.25, -0.2) is 8.42 Å². The van der Waals surface area contributed by atoms with Crippen LogP contribution in [0, 0.1) is 0 Å². The summed E-state index contributed by atoms with van der Waals surface area (Å²) in [6.07, 6.45) is 0.977. The predicted molar refractivity (Wildman–Crippen MR) is 138 cm³/mol. The third kappa shape index (κ3) is 8.05. The van der Waals surface area contributed by atoms with Crippen molar-refractivity contribution in [3.63, 3.8) is 0 Å². The van der Waals surface area contributed by atoms with Crippen molar-refractivity contribution >= 4 is 62.3 Å². The molecule has 34 heavy (non-hydrogen) atoms. The first kappa shape index (κ1) is 28.2. The van der Waals surface area contributed by atoms with Crippen molar-refractivity contribution in [1.29, 1.82) is 0 Å². The molecule has 0 spiro atoms. The number of hydrogen-bond donors (Lipinski definition) is 1. The Bertz CT molecular complexity index is 1150. The maximum atomic E-state index is 13.5. The van der Waals surface area contributed by atoms with Crippen LogP contribution in [0.3, 0.4) is 0 Å². The largest absolute Gasteiger partial charge is 0.350 e. The minimum Gasteiger partial charge on any atom is -0.350 e. The van der Waals surface area contributed by atoms with Crippen LogP contribution in [-0.4, -0.2) is 49.5 Å². The summed E-state index contributed by atoms with van der Waals surface area (Å²) in [6.45, 7) is 6.60. The van der Waals surface area contributed by atoms with Crippen molar-refractivity contribution in [3.05, 3.63) is 63.1 Å². The number of anilines is 1. The second-order valence-corrected chi connectivity index (χ2v) is 12.1. The molecule has 2 aromatic carbocycles. The van der Waals surface area contributed by atoms with E-state index in [2.05, 4.69) is 5.32 Å². The topological polar surface area (TPSA) is 86.8 Å². The zero-order valence-electron chi connectivity index (χ0n) is 19.6. The molecule has 0 heterocycles. The summed E-state index contributed by atoms with van der Waals surface area (Å²) >= 11 is 18.1. The maximum absolute atomic E-state index is 13.5. The molecule has 11 heteroatoms. The SMILES string of the molecule is C[C@H](C(=O)NC(C)(C)C)N(Cc1ccc(Cl)cc1)C(=O)CN(c1ccc(Cl)cc1Cl)S(C)(=O)=O. The van der Waals surface area contributed by atoms with Gasteiger partial charge in [0.15, 0.2) is 0 Å². The van der Waals surface area contributed by atoms with Crippen LogP contribution in [0.25, 0.3) is 0 Å². The molecular weight excluding hydrogens is 521 g/mol. The Morgan fingerprint density at radius 3 is 2.06 bits per heavy atom.